The summed E-state index contributed by atoms with van der Waals surface area (Å²) < 4.78 is 9.85. The molecule has 6 heteroatoms. The van der Waals surface area contributed by atoms with Crippen LogP contribution in [0.25, 0.3) is 0 Å². The number of phenolic OH excluding ortho intramolecular Hbond substituents is 1. The second-order valence-corrected chi connectivity index (χ2v) is 4.08. The maximum atomic E-state index is 11.3. The molecule has 1 rings (SSSR count). The minimum Gasteiger partial charge on any atom is -0.506 e. The molecule has 1 aromatic carbocycles. The van der Waals surface area contributed by atoms with Crippen molar-refractivity contribution < 1.29 is 19.4 Å². The molecule has 4 nitrogen and oxygen atoms in total. The van der Waals surface area contributed by atoms with Gasteiger partial charge in [-0.05, 0) is 28.7 Å². The molecule has 0 aliphatic heterocycles. The number of benzene rings is 1. The number of carbonyl (C=O) groups is 1. The van der Waals surface area contributed by atoms with Gasteiger partial charge in [-0.25, -0.2) is 4.79 Å². The first kappa shape index (κ1) is 12.4. The van der Waals surface area contributed by atoms with Gasteiger partial charge < -0.3 is 14.6 Å². The summed E-state index contributed by atoms with van der Waals surface area (Å²) >= 11 is 7.70. The van der Waals surface area contributed by atoms with E-state index in [1.165, 1.54) is 20.3 Å². The zero-order valence-corrected chi connectivity index (χ0v) is 10.9. The molecule has 0 aromatic heterocycles. The van der Waals surface area contributed by atoms with Gasteiger partial charge in [-0.2, -0.15) is 0 Å². The average Bonchev–Trinajstić information content (AvgIpc) is 2.23. The van der Waals surface area contributed by atoms with Crippen molar-refractivity contribution >= 4 is 40.2 Å². The molecule has 0 aliphatic rings. The normalized spacial score (nSPS) is 9.87. The number of esters is 1. The van der Waals surface area contributed by atoms with Crippen molar-refractivity contribution in [3.05, 3.63) is 20.2 Å². The van der Waals surface area contributed by atoms with E-state index in [1.807, 2.05) is 22.6 Å². The topological polar surface area (TPSA) is 55.8 Å². The number of ether oxygens (including phenoxy) is 2. The second-order valence-electron chi connectivity index (χ2n) is 2.59. The Labute approximate surface area is 105 Å². The molecule has 0 saturated heterocycles. The highest BCUT2D eigenvalue weighted by Gasteiger charge is 2.20. The van der Waals surface area contributed by atoms with Crippen molar-refractivity contribution in [2.24, 2.45) is 0 Å². The summed E-state index contributed by atoms with van der Waals surface area (Å²) in [7, 11) is 2.66. The number of halogens is 2. The Balaban J connectivity index is 3.40. The van der Waals surface area contributed by atoms with Crippen LogP contribution in [0, 0.1) is 3.57 Å². The monoisotopic (exact) mass is 342 g/mol. The molecule has 0 aliphatic carbocycles. The lowest BCUT2D eigenvalue weighted by Crippen LogP contribution is -2.03. The van der Waals surface area contributed by atoms with Crippen LogP contribution < -0.4 is 4.74 Å². The molecule has 82 valence electrons. The zero-order valence-electron chi connectivity index (χ0n) is 8.01. The van der Waals surface area contributed by atoms with Gasteiger partial charge in [0.1, 0.15) is 11.3 Å². The molecule has 0 unspecified atom stereocenters. The fourth-order valence-corrected chi connectivity index (χ4v) is 2.29. The predicted molar refractivity (Wildman–Crippen MR) is 63.7 cm³/mol. The first-order valence-corrected chi connectivity index (χ1v) is 5.31. The molecule has 0 saturated carbocycles. The van der Waals surface area contributed by atoms with Crippen molar-refractivity contribution in [1.82, 2.24) is 0 Å². The quantitative estimate of drug-likeness (QED) is 0.662. The molecular formula is C9H8ClIO4. The lowest BCUT2D eigenvalue weighted by Gasteiger charge is -2.10. The molecule has 1 N–H and O–H groups in total. The molecule has 0 atom stereocenters. The summed E-state index contributed by atoms with van der Waals surface area (Å²) in [5, 5.41) is 9.94. The van der Waals surface area contributed by atoms with Crippen molar-refractivity contribution in [1.29, 1.82) is 0 Å². The minimum absolute atomic E-state index is 0.0210. The van der Waals surface area contributed by atoms with Gasteiger partial charge in [0.05, 0.1) is 22.8 Å². The first-order chi connectivity index (χ1) is 7.02. The predicted octanol–water partition coefficient (Wildman–Crippen LogP) is 2.45. The number of methoxy groups -OCH3 is 2. The number of hydrogen-bond donors (Lipinski definition) is 1. The Bertz CT molecular complexity index is 406. The Kier molecular flexibility index (Phi) is 4.04. The van der Waals surface area contributed by atoms with Crippen molar-refractivity contribution in [2.45, 2.75) is 0 Å². The number of aromatic hydroxyl groups is 1. The molecule has 0 radical (unpaired) electrons. The lowest BCUT2D eigenvalue weighted by atomic mass is 10.2. The number of phenols is 1. The molecule has 0 heterocycles. The van der Waals surface area contributed by atoms with Crippen LogP contribution in [0.4, 0.5) is 0 Å². The third-order valence-corrected chi connectivity index (χ3v) is 3.04. The highest BCUT2D eigenvalue weighted by Crippen LogP contribution is 2.38. The van der Waals surface area contributed by atoms with E-state index in [1.54, 1.807) is 0 Å². The van der Waals surface area contributed by atoms with Crippen LogP contribution in [-0.2, 0) is 4.74 Å². The van der Waals surface area contributed by atoms with E-state index >= 15 is 0 Å². The highest BCUT2D eigenvalue weighted by atomic mass is 127. The van der Waals surface area contributed by atoms with E-state index in [0.717, 1.165) is 0 Å². The second kappa shape index (κ2) is 4.89. The van der Waals surface area contributed by atoms with Crippen LogP contribution >= 0.6 is 34.2 Å². The van der Waals surface area contributed by atoms with Gasteiger partial charge in [-0.15, -0.1) is 0 Å². The van der Waals surface area contributed by atoms with E-state index in [4.69, 9.17) is 16.3 Å². The van der Waals surface area contributed by atoms with E-state index in [0.29, 0.717) is 9.32 Å². The minimum atomic E-state index is -0.644. The van der Waals surface area contributed by atoms with Crippen LogP contribution in [0.2, 0.25) is 5.02 Å². The van der Waals surface area contributed by atoms with Crippen LogP contribution in [0.3, 0.4) is 0 Å². The molecule has 0 fully saturated rings. The van der Waals surface area contributed by atoms with E-state index in [2.05, 4.69) is 4.74 Å². The van der Waals surface area contributed by atoms with Gasteiger partial charge in [0.25, 0.3) is 0 Å². The Morgan fingerprint density at radius 3 is 2.60 bits per heavy atom. The van der Waals surface area contributed by atoms with Gasteiger partial charge in [-0.1, -0.05) is 11.6 Å². The van der Waals surface area contributed by atoms with Gasteiger partial charge in [0, 0.05) is 0 Å². The summed E-state index contributed by atoms with van der Waals surface area (Å²) in [5.41, 5.74) is 0.0210. The molecule has 0 amide bonds. The smallest absolute Gasteiger partial charge is 0.341 e. The maximum absolute atomic E-state index is 11.3. The summed E-state index contributed by atoms with van der Waals surface area (Å²) in [4.78, 5) is 11.3. The summed E-state index contributed by atoms with van der Waals surface area (Å²) in [6.07, 6.45) is 0. The van der Waals surface area contributed by atoms with Gasteiger partial charge in [-0.3, -0.25) is 0 Å². The lowest BCUT2D eigenvalue weighted by molar-refractivity contribution is 0.0597. The van der Waals surface area contributed by atoms with E-state index in [-0.39, 0.29) is 16.3 Å². The van der Waals surface area contributed by atoms with E-state index in [9.17, 15) is 9.90 Å². The average molecular weight is 343 g/mol. The molecular weight excluding hydrogens is 334 g/mol. The van der Waals surface area contributed by atoms with Crippen LogP contribution in [0.15, 0.2) is 6.07 Å². The Morgan fingerprint density at radius 1 is 1.53 bits per heavy atom. The van der Waals surface area contributed by atoms with Crippen LogP contribution in [-0.4, -0.2) is 25.3 Å². The molecule has 0 spiro atoms. The third-order valence-electron chi connectivity index (χ3n) is 1.76. The summed E-state index contributed by atoms with van der Waals surface area (Å²) in [6.45, 7) is 0. The molecule has 0 bridgehead atoms. The zero-order chi connectivity index (χ0) is 11.6. The Morgan fingerprint density at radius 2 is 2.13 bits per heavy atom. The molecule has 1 aromatic rings. The highest BCUT2D eigenvalue weighted by molar-refractivity contribution is 14.1. The summed E-state index contributed by atoms with van der Waals surface area (Å²) in [6, 6.07) is 1.31. The standard InChI is InChI=1S/C9H8ClIO4/c1-14-8-5(10)3-4(9(13)15-2)7(12)6(8)11/h3,12H,1-2H3. The van der Waals surface area contributed by atoms with Crippen LogP contribution in [0.5, 0.6) is 11.5 Å². The largest absolute Gasteiger partial charge is 0.506 e. The fourth-order valence-electron chi connectivity index (χ4n) is 1.04. The van der Waals surface area contributed by atoms with Crippen molar-refractivity contribution in [3.8, 4) is 11.5 Å². The summed E-state index contributed by atoms with van der Waals surface area (Å²) in [5.74, 6) is -0.499. The van der Waals surface area contributed by atoms with Gasteiger partial charge in [0.15, 0.2) is 5.75 Å². The molecule has 15 heavy (non-hydrogen) atoms. The van der Waals surface area contributed by atoms with Gasteiger partial charge >= 0.3 is 5.97 Å². The number of carbonyl (C=O) groups excluding carboxylic acids is 1. The number of hydrogen-bond acceptors (Lipinski definition) is 4. The first-order valence-electron chi connectivity index (χ1n) is 3.86. The van der Waals surface area contributed by atoms with Crippen molar-refractivity contribution in [3.63, 3.8) is 0 Å². The van der Waals surface area contributed by atoms with E-state index < -0.39 is 5.97 Å². The Hall–Kier alpha value is -0.690. The SMILES string of the molecule is COC(=O)c1cc(Cl)c(OC)c(I)c1O. The van der Waals surface area contributed by atoms with Crippen LogP contribution in [0.1, 0.15) is 10.4 Å². The third kappa shape index (κ3) is 2.28. The maximum Gasteiger partial charge on any atom is 0.341 e. The fraction of sp³-hybridized carbons (Fsp3) is 0.222. The van der Waals surface area contributed by atoms with Crippen molar-refractivity contribution in [2.75, 3.05) is 14.2 Å². The number of rotatable bonds is 2. The van der Waals surface area contributed by atoms with Gasteiger partial charge in [0.2, 0.25) is 0 Å².